The van der Waals surface area contributed by atoms with E-state index in [2.05, 4.69) is 15.9 Å². The summed E-state index contributed by atoms with van der Waals surface area (Å²) in [6, 6.07) is 11.0. The molecule has 20 heavy (non-hydrogen) atoms. The highest BCUT2D eigenvalue weighted by molar-refractivity contribution is 9.10. The minimum atomic E-state index is -0.530. The van der Waals surface area contributed by atoms with Crippen LogP contribution >= 0.6 is 27.5 Å². The van der Waals surface area contributed by atoms with Crippen molar-refractivity contribution in [2.45, 2.75) is 13.5 Å². The number of primary amides is 1. The summed E-state index contributed by atoms with van der Waals surface area (Å²) in [5, 5.41) is 0.349. The van der Waals surface area contributed by atoms with E-state index in [1.54, 1.807) is 6.07 Å². The minimum absolute atomic E-state index is 0.338. The second-order valence-corrected chi connectivity index (χ2v) is 5.61. The second kappa shape index (κ2) is 6.29. The Kier molecular flexibility index (Phi) is 4.68. The number of rotatable bonds is 4. The van der Waals surface area contributed by atoms with Gasteiger partial charge in [-0.3, -0.25) is 4.79 Å². The lowest BCUT2D eigenvalue weighted by Gasteiger charge is -2.12. The lowest BCUT2D eigenvalue weighted by molar-refractivity contribution is 0.1000. The Morgan fingerprint density at radius 3 is 2.65 bits per heavy atom. The average Bonchev–Trinajstić information content (AvgIpc) is 2.39. The molecule has 0 radical (unpaired) electrons. The van der Waals surface area contributed by atoms with Gasteiger partial charge >= 0.3 is 0 Å². The van der Waals surface area contributed by atoms with Crippen LogP contribution in [0.25, 0.3) is 0 Å². The molecule has 0 aliphatic rings. The zero-order valence-electron chi connectivity index (χ0n) is 10.8. The lowest BCUT2D eigenvalue weighted by atomic mass is 10.1. The first-order valence-electron chi connectivity index (χ1n) is 5.95. The van der Waals surface area contributed by atoms with E-state index in [9.17, 15) is 4.79 Å². The van der Waals surface area contributed by atoms with Crippen molar-refractivity contribution in [3.05, 3.63) is 62.6 Å². The van der Waals surface area contributed by atoms with Crippen LogP contribution in [0.5, 0.6) is 5.75 Å². The molecule has 0 unspecified atom stereocenters. The van der Waals surface area contributed by atoms with Gasteiger partial charge in [-0.25, -0.2) is 0 Å². The molecule has 0 bridgehead atoms. The Bertz CT molecular complexity index is 635. The highest BCUT2D eigenvalue weighted by Crippen LogP contribution is 2.35. The maximum Gasteiger partial charge on any atom is 0.248 e. The number of nitrogens with two attached hydrogens (primary N) is 1. The van der Waals surface area contributed by atoms with Gasteiger partial charge in [-0.1, -0.05) is 35.9 Å². The number of carbonyl (C=O) groups excluding carboxylic acids is 1. The Labute approximate surface area is 130 Å². The van der Waals surface area contributed by atoms with E-state index in [0.717, 1.165) is 11.1 Å². The number of aryl methyl sites for hydroxylation is 1. The molecule has 2 aromatic rings. The maximum atomic E-state index is 11.1. The second-order valence-electron chi connectivity index (χ2n) is 4.35. The molecule has 3 nitrogen and oxygen atoms in total. The van der Waals surface area contributed by atoms with E-state index in [-0.39, 0.29) is 0 Å². The van der Waals surface area contributed by atoms with Gasteiger partial charge < -0.3 is 10.5 Å². The van der Waals surface area contributed by atoms with Gasteiger partial charge in [0.05, 0.1) is 9.50 Å². The van der Waals surface area contributed by atoms with Gasteiger partial charge in [-0.2, -0.15) is 0 Å². The van der Waals surface area contributed by atoms with Crippen molar-refractivity contribution in [1.29, 1.82) is 0 Å². The average molecular weight is 355 g/mol. The van der Waals surface area contributed by atoms with Crippen molar-refractivity contribution in [2.75, 3.05) is 0 Å². The Morgan fingerprint density at radius 1 is 1.35 bits per heavy atom. The van der Waals surface area contributed by atoms with Crippen molar-refractivity contribution in [3.63, 3.8) is 0 Å². The predicted molar refractivity (Wildman–Crippen MR) is 83.2 cm³/mol. The predicted octanol–water partition coefficient (Wildman–Crippen LogP) is 4.09. The van der Waals surface area contributed by atoms with Gasteiger partial charge in [-0.15, -0.1) is 0 Å². The molecule has 0 heterocycles. The molecule has 2 aromatic carbocycles. The van der Waals surface area contributed by atoms with Crippen LogP contribution < -0.4 is 10.5 Å². The highest BCUT2D eigenvalue weighted by Gasteiger charge is 2.12. The number of ether oxygens (including phenoxy) is 1. The van der Waals surface area contributed by atoms with Crippen LogP contribution in [0.15, 0.2) is 40.9 Å². The van der Waals surface area contributed by atoms with E-state index >= 15 is 0 Å². The molecule has 0 aliphatic heterocycles. The highest BCUT2D eigenvalue weighted by atomic mass is 79.9. The number of benzene rings is 2. The number of carbonyl (C=O) groups is 1. The van der Waals surface area contributed by atoms with Gasteiger partial charge in [0, 0.05) is 5.56 Å². The molecular weight excluding hydrogens is 342 g/mol. The molecule has 0 atom stereocenters. The van der Waals surface area contributed by atoms with Gasteiger partial charge in [-0.05, 0) is 46.1 Å². The fourth-order valence-corrected chi connectivity index (χ4v) is 2.72. The smallest absolute Gasteiger partial charge is 0.248 e. The number of hydrogen-bond donors (Lipinski definition) is 1. The molecule has 1 amide bonds. The first kappa shape index (κ1) is 14.9. The van der Waals surface area contributed by atoms with Crippen LogP contribution in [-0.4, -0.2) is 5.91 Å². The van der Waals surface area contributed by atoms with Crippen LogP contribution in [0.1, 0.15) is 21.5 Å². The molecule has 2 rings (SSSR count). The zero-order valence-corrected chi connectivity index (χ0v) is 13.2. The fourth-order valence-electron chi connectivity index (χ4n) is 1.76. The van der Waals surface area contributed by atoms with Gasteiger partial charge in [0.25, 0.3) is 0 Å². The number of amides is 1. The van der Waals surface area contributed by atoms with Crippen LogP contribution in [-0.2, 0) is 6.61 Å². The molecule has 0 saturated heterocycles. The largest absolute Gasteiger partial charge is 0.486 e. The normalized spacial score (nSPS) is 10.3. The summed E-state index contributed by atoms with van der Waals surface area (Å²) in [4.78, 5) is 11.1. The van der Waals surface area contributed by atoms with E-state index in [1.807, 2.05) is 31.2 Å². The fraction of sp³-hybridized carbons (Fsp3) is 0.133. The third-order valence-electron chi connectivity index (χ3n) is 2.92. The van der Waals surface area contributed by atoms with E-state index in [1.165, 1.54) is 6.07 Å². The molecular formula is C15H13BrClNO2. The summed E-state index contributed by atoms with van der Waals surface area (Å²) >= 11 is 9.46. The first-order chi connectivity index (χ1) is 9.49. The molecule has 0 spiro atoms. The van der Waals surface area contributed by atoms with Crippen LogP contribution in [0.4, 0.5) is 0 Å². The first-order valence-corrected chi connectivity index (χ1v) is 7.12. The van der Waals surface area contributed by atoms with E-state index < -0.39 is 5.91 Å². The van der Waals surface area contributed by atoms with Crippen LogP contribution in [0.3, 0.4) is 0 Å². The minimum Gasteiger partial charge on any atom is -0.486 e. The molecule has 0 saturated carbocycles. The van der Waals surface area contributed by atoms with Crippen LogP contribution in [0.2, 0.25) is 5.02 Å². The Hall–Kier alpha value is -1.52. The van der Waals surface area contributed by atoms with E-state index in [0.29, 0.717) is 27.4 Å². The molecule has 2 N–H and O–H groups in total. The summed E-state index contributed by atoms with van der Waals surface area (Å²) < 4.78 is 6.34. The maximum absolute atomic E-state index is 11.1. The van der Waals surface area contributed by atoms with Crippen molar-refractivity contribution < 1.29 is 9.53 Å². The molecule has 5 heteroatoms. The van der Waals surface area contributed by atoms with Crippen molar-refractivity contribution in [1.82, 2.24) is 0 Å². The number of hydrogen-bond acceptors (Lipinski definition) is 2. The molecule has 104 valence electrons. The third kappa shape index (κ3) is 3.32. The zero-order chi connectivity index (χ0) is 14.7. The van der Waals surface area contributed by atoms with Gasteiger partial charge in [0.15, 0.2) is 5.75 Å². The molecule has 0 fully saturated rings. The number of halogens is 2. The Morgan fingerprint density at radius 2 is 2.05 bits per heavy atom. The summed E-state index contributed by atoms with van der Waals surface area (Å²) in [7, 11) is 0. The quantitative estimate of drug-likeness (QED) is 0.899. The summed E-state index contributed by atoms with van der Waals surface area (Å²) in [5.41, 5.74) is 7.79. The summed E-state index contributed by atoms with van der Waals surface area (Å²) in [6.45, 7) is 2.42. The SMILES string of the molecule is Cc1ccccc1COc1c(Cl)cc(C(N)=O)cc1Br. The van der Waals surface area contributed by atoms with Gasteiger partial charge in [0.2, 0.25) is 5.91 Å². The lowest BCUT2D eigenvalue weighted by Crippen LogP contribution is -2.11. The molecule has 0 aliphatic carbocycles. The van der Waals surface area contributed by atoms with Crippen molar-refractivity contribution in [2.24, 2.45) is 5.73 Å². The van der Waals surface area contributed by atoms with Crippen LogP contribution in [0, 0.1) is 6.92 Å². The molecule has 0 aromatic heterocycles. The van der Waals surface area contributed by atoms with E-state index in [4.69, 9.17) is 22.1 Å². The van der Waals surface area contributed by atoms with Crippen molar-refractivity contribution in [3.8, 4) is 5.75 Å². The standard InChI is InChI=1S/C15H13BrClNO2/c1-9-4-2-3-5-10(9)8-20-14-12(16)6-11(15(18)19)7-13(14)17/h2-7H,8H2,1H3,(H2,18,19). The van der Waals surface area contributed by atoms with Gasteiger partial charge in [0.1, 0.15) is 6.61 Å². The summed E-state index contributed by atoms with van der Waals surface area (Å²) in [5.74, 6) is -0.0297. The third-order valence-corrected chi connectivity index (χ3v) is 3.79. The Balaban J connectivity index is 2.22. The topological polar surface area (TPSA) is 52.3 Å². The van der Waals surface area contributed by atoms with Crippen molar-refractivity contribution >= 4 is 33.4 Å². The monoisotopic (exact) mass is 353 g/mol. The summed E-state index contributed by atoms with van der Waals surface area (Å²) in [6.07, 6.45) is 0.